The third-order valence-electron chi connectivity index (χ3n) is 8.35. The summed E-state index contributed by atoms with van der Waals surface area (Å²) in [7, 11) is 0. The highest BCUT2D eigenvalue weighted by Gasteiger charge is 2.43. The number of fused-ring (bicyclic) bond motifs is 1. The fourth-order valence-electron chi connectivity index (χ4n) is 5.46. The number of carbonyl (C=O) groups excluding carboxylic acids is 3. The van der Waals surface area contributed by atoms with E-state index < -0.39 is 35.2 Å². The number of ether oxygens (including phenoxy) is 1. The minimum Gasteiger partial charge on any atom is -0.508 e. The molecule has 0 aliphatic rings. The third-order valence-corrected chi connectivity index (χ3v) is 8.35. The molecule has 47 heavy (non-hydrogen) atoms. The maximum Gasteiger partial charge on any atom is 0.408 e. The molecule has 4 rings (SSSR count). The maximum atomic E-state index is 14.9. The second kappa shape index (κ2) is 14.7. The summed E-state index contributed by atoms with van der Waals surface area (Å²) in [5.74, 6) is -0.722. The number of hydrogen-bond donors (Lipinski definition) is 3. The minimum atomic E-state index is -1.08. The van der Waals surface area contributed by atoms with Gasteiger partial charge in [0.05, 0.1) is 0 Å². The van der Waals surface area contributed by atoms with E-state index in [-0.39, 0.29) is 18.1 Å². The van der Waals surface area contributed by atoms with E-state index in [1.807, 2.05) is 87.5 Å². The molecule has 0 spiro atoms. The van der Waals surface area contributed by atoms with Gasteiger partial charge in [-0.1, -0.05) is 80.6 Å². The number of anilines is 1. The van der Waals surface area contributed by atoms with E-state index in [2.05, 4.69) is 17.6 Å². The number of carbonyl (C=O) groups is 3. The molecule has 248 valence electrons. The fourth-order valence-corrected chi connectivity index (χ4v) is 5.46. The largest absolute Gasteiger partial charge is 0.508 e. The summed E-state index contributed by atoms with van der Waals surface area (Å²) in [6.45, 7) is 13.1. The lowest BCUT2D eigenvalue weighted by Gasteiger charge is -2.44. The summed E-state index contributed by atoms with van der Waals surface area (Å²) in [6.07, 6.45) is 0.728. The van der Waals surface area contributed by atoms with Crippen LogP contribution in [0.4, 0.5) is 10.5 Å². The van der Waals surface area contributed by atoms with Gasteiger partial charge < -0.3 is 25.4 Å². The Labute approximate surface area is 278 Å². The number of nitrogens with zero attached hydrogens (tertiary/aromatic N) is 1. The van der Waals surface area contributed by atoms with Gasteiger partial charge in [0.25, 0.3) is 5.91 Å². The summed E-state index contributed by atoms with van der Waals surface area (Å²) in [4.78, 5) is 44.1. The normalized spacial score (nSPS) is 13.0. The number of nitrogens with one attached hydrogen (secondary N) is 2. The number of phenolic OH excluding ortho intramolecular Hbond substituents is 1. The zero-order chi connectivity index (χ0) is 34.4. The number of alkyl carbamates (subject to hydrolysis) is 1. The van der Waals surface area contributed by atoms with E-state index >= 15 is 0 Å². The van der Waals surface area contributed by atoms with E-state index in [4.69, 9.17) is 4.74 Å². The van der Waals surface area contributed by atoms with Crippen LogP contribution in [0.2, 0.25) is 0 Å². The number of phenols is 1. The lowest BCUT2D eigenvalue weighted by Crippen LogP contribution is -2.59. The first kappa shape index (κ1) is 35.0. The number of rotatable bonds is 11. The second-order valence-corrected chi connectivity index (χ2v) is 13.5. The van der Waals surface area contributed by atoms with Crippen LogP contribution in [-0.2, 0) is 27.2 Å². The number of aryl methyl sites for hydroxylation is 1. The average Bonchev–Trinajstić information content (AvgIpc) is 3.03. The van der Waals surface area contributed by atoms with Crippen LogP contribution in [0.3, 0.4) is 0 Å². The molecule has 0 saturated heterocycles. The zero-order valence-corrected chi connectivity index (χ0v) is 28.5. The Morgan fingerprint density at radius 2 is 1.43 bits per heavy atom. The van der Waals surface area contributed by atoms with Gasteiger partial charge in [-0.3, -0.25) is 9.59 Å². The highest BCUT2D eigenvalue weighted by atomic mass is 16.6. The van der Waals surface area contributed by atoms with Crippen LogP contribution in [0.15, 0.2) is 91.0 Å². The van der Waals surface area contributed by atoms with Crippen LogP contribution >= 0.6 is 0 Å². The monoisotopic (exact) mass is 637 g/mol. The SMILES string of the molecule is CCc1ccc(C(C(=O)Nc2ccc3ccccc3c2)N(C(=O)C(Cc2ccc(O)cc2)NC(=O)OC(C)(C)C)C(C)(C)CC)cc1. The van der Waals surface area contributed by atoms with Crippen molar-refractivity contribution < 1.29 is 24.2 Å². The zero-order valence-electron chi connectivity index (χ0n) is 28.5. The minimum absolute atomic E-state index is 0.0893. The molecule has 3 N–H and O–H groups in total. The summed E-state index contributed by atoms with van der Waals surface area (Å²) in [5, 5.41) is 17.8. The van der Waals surface area contributed by atoms with Gasteiger partial charge in [-0.25, -0.2) is 4.79 Å². The molecule has 0 aliphatic carbocycles. The molecule has 0 radical (unpaired) electrons. The van der Waals surface area contributed by atoms with Crippen molar-refractivity contribution in [1.82, 2.24) is 10.2 Å². The van der Waals surface area contributed by atoms with Crippen molar-refractivity contribution in [2.24, 2.45) is 0 Å². The predicted octanol–water partition coefficient (Wildman–Crippen LogP) is 7.94. The first-order chi connectivity index (χ1) is 22.2. The molecular formula is C39H47N3O5. The summed E-state index contributed by atoms with van der Waals surface area (Å²) in [6, 6.07) is 25.7. The van der Waals surface area contributed by atoms with Crippen molar-refractivity contribution >= 4 is 34.4 Å². The summed E-state index contributed by atoms with van der Waals surface area (Å²) in [5.41, 5.74) is 1.48. The quantitative estimate of drug-likeness (QED) is 0.155. The Kier molecular flexibility index (Phi) is 11.0. The summed E-state index contributed by atoms with van der Waals surface area (Å²) >= 11 is 0. The maximum absolute atomic E-state index is 14.9. The third kappa shape index (κ3) is 9.12. The van der Waals surface area contributed by atoms with Crippen molar-refractivity contribution in [3.63, 3.8) is 0 Å². The molecule has 0 heterocycles. The van der Waals surface area contributed by atoms with Crippen molar-refractivity contribution in [1.29, 1.82) is 0 Å². The van der Waals surface area contributed by atoms with Crippen molar-refractivity contribution in [2.45, 2.75) is 91.0 Å². The van der Waals surface area contributed by atoms with Gasteiger partial charge in [0, 0.05) is 17.6 Å². The van der Waals surface area contributed by atoms with E-state index in [0.717, 1.165) is 28.3 Å². The molecule has 3 amide bonds. The number of aromatic hydroxyl groups is 1. The van der Waals surface area contributed by atoms with Gasteiger partial charge >= 0.3 is 6.09 Å². The van der Waals surface area contributed by atoms with Crippen LogP contribution in [-0.4, -0.2) is 45.1 Å². The van der Waals surface area contributed by atoms with E-state index in [0.29, 0.717) is 17.7 Å². The Morgan fingerprint density at radius 1 is 0.809 bits per heavy atom. The highest BCUT2D eigenvalue weighted by Crippen LogP contribution is 2.34. The van der Waals surface area contributed by atoms with Gasteiger partial charge in [0.2, 0.25) is 5.91 Å². The smallest absolute Gasteiger partial charge is 0.408 e. The first-order valence-corrected chi connectivity index (χ1v) is 16.2. The van der Waals surface area contributed by atoms with Crippen LogP contribution in [0.1, 0.15) is 77.6 Å². The van der Waals surface area contributed by atoms with Gasteiger partial charge in [-0.05, 0) is 99.2 Å². The van der Waals surface area contributed by atoms with Gasteiger partial charge in [0.15, 0.2) is 0 Å². The fraction of sp³-hybridized carbons (Fsp3) is 0.359. The Bertz CT molecular complexity index is 1690. The van der Waals surface area contributed by atoms with Gasteiger partial charge in [-0.2, -0.15) is 0 Å². The molecule has 2 atom stereocenters. The molecule has 8 nitrogen and oxygen atoms in total. The van der Waals surface area contributed by atoms with Crippen LogP contribution < -0.4 is 10.6 Å². The number of amides is 3. The molecule has 4 aromatic carbocycles. The Balaban J connectivity index is 1.81. The lowest BCUT2D eigenvalue weighted by molar-refractivity contribution is -0.147. The average molecular weight is 638 g/mol. The Hall–Kier alpha value is -4.85. The Morgan fingerprint density at radius 3 is 2.02 bits per heavy atom. The van der Waals surface area contributed by atoms with Crippen molar-refractivity contribution in [2.75, 3.05) is 5.32 Å². The summed E-state index contributed by atoms with van der Waals surface area (Å²) < 4.78 is 5.56. The van der Waals surface area contributed by atoms with E-state index in [1.165, 1.54) is 12.1 Å². The highest BCUT2D eigenvalue weighted by molar-refractivity contribution is 6.00. The second-order valence-electron chi connectivity index (χ2n) is 13.5. The molecule has 0 aromatic heterocycles. The van der Waals surface area contributed by atoms with Gasteiger partial charge in [0.1, 0.15) is 23.4 Å². The first-order valence-electron chi connectivity index (χ1n) is 16.2. The van der Waals surface area contributed by atoms with Crippen molar-refractivity contribution in [3.05, 3.63) is 108 Å². The van der Waals surface area contributed by atoms with Crippen LogP contribution in [0.25, 0.3) is 10.8 Å². The lowest BCUT2D eigenvalue weighted by atomic mass is 9.90. The van der Waals surface area contributed by atoms with Crippen molar-refractivity contribution in [3.8, 4) is 5.75 Å². The van der Waals surface area contributed by atoms with Gasteiger partial charge in [-0.15, -0.1) is 0 Å². The molecule has 0 saturated carbocycles. The molecule has 0 fully saturated rings. The molecular weight excluding hydrogens is 590 g/mol. The molecule has 0 bridgehead atoms. The predicted molar refractivity (Wildman–Crippen MR) is 187 cm³/mol. The molecule has 4 aromatic rings. The number of hydrogen-bond acceptors (Lipinski definition) is 5. The molecule has 2 unspecified atom stereocenters. The standard InChI is InChI=1S/C39H47N3O5/c1-8-26-14-18-29(19-15-26)34(35(44)40-31-21-20-28-12-10-11-13-30(28)25-31)42(39(6,7)9-2)36(45)33(41-37(46)47-38(3,4)5)24-27-16-22-32(43)23-17-27/h10-23,25,33-34,43H,8-9,24H2,1-7H3,(H,40,44)(H,41,46). The van der Waals surface area contributed by atoms with E-state index in [9.17, 15) is 19.5 Å². The van der Waals surface area contributed by atoms with E-state index in [1.54, 1.807) is 37.8 Å². The molecule has 8 heteroatoms. The van der Waals surface area contributed by atoms with Crippen LogP contribution in [0.5, 0.6) is 5.75 Å². The number of benzene rings is 4. The van der Waals surface area contributed by atoms with Crippen LogP contribution in [0, 0.1) is 0 Å². The molecule has 0 aliphatic heterocycles. The topological polar surface area (TPSA) is 108 Å².